The maximum Gasteiger partial charge on any atom is 0.0638 e. The molecule has 0 amide bonds. The molecule has 0 radical (unpaired) electrons. The minimum absolute atomic E-state index is 0.166. The molecule has 1 aromatic carbocycles. The lowest BCUT2D eigenvalue weighted by molar-refractivity contribution is 0.0572. The summed E-state index contributed by atoms with van der Waals surface area (Å²) >= 11 is 7.65. The first kappa shape index (κ1) is 15.9. The van der Waals surface area contributed by atoms with Gasteiger partial charge in [0.2, 0.25) is 0 Å². The van der Waals surface area contributed by atoms with Crippen molar-refractivity contribution in [2.45, 2.75) is 43.1 Å². The smallest absolute Gasteiger partial charge is 0.0638 e. The first-order valence-electron chi connectivity index (χ1n) is 7.39. The van der Waals surface area contributed by atoms with E-state index in [1.54, 1.807) is 11.8 Å². The molecule has 2 rings (SSSR count). The fraction of sp³-hybridized carbons (Fsp3) is 0.529. The van der Waals surface area contributed by atoms with Gasteiger partial charge in [0.05, 0.1) is 6.10 Å². The molecular formula is C17H23ClOS. The first-order valence-corrected chi connectivity index (χ1v) is 8.76. The van der Waals surface area contributed by atoms with Crippen LogP contribution in [-0.4, -0.2) is 17.0 Å². The van der Waals surface area contributed by atoms with Crippen molar-refractivity contribution in [3.8, 4) is 0 Å². The molecule has 1 N–H and O–H groups in total. The van der Waals surface area contributed by atoms with Crippen LogP contribution in [0.25, 0.3) is 0 Å². The van der Waals surface area contributed by atoms with Crippen LogP contribution in [0.1, 0.15) is 32.1 Å². The van der Waals surface area contributed by atoms with E-state index >= 15 is 0 Å². The molecule has 20 heavy (non-hydrogen) atoms. The normalized spacial score (nSPS) is 19.5. The third-order valence-electron chi connectivity index (χ3n) is 4.13. The standard InChI is InChI=1S/C17H23ClOS/c1-2-13(17(19)14-6-4-3-5-7-14)12-20-16-10-8-15(18)9-11-16/h2,8-11,13-14,17,19H,1,3-7,12H2/t13-,17+/m0/s1. The Bertz CT molecular complexity index is 412. The summed E-state index contributed by atoms with van der Waals surface area (Å²) in [6, 6.07) is 7.87. The molecule has 2 atom stereocenters. The van der Waals surface area contributed by atoms with E-state index in [1.807, 2.05) is 30.3 Å². The SMILES string of the molecule is C=C[C@@H](CSc1ccc(Cl)cc1)[C@@H](O)C1CCCCC1. The summed E-state index contributed by atoms with van der Waals surface area (Å²) in [5, 5.41) is 11.3. The van der Waals surface area contributed by atoms with E-state index in [9.17, 15) is 5.11 Å². The molecule has 0 saturated heterocycles. The van der Waals surface area contributed by atoms with Crippen LogP contribution in [-0.2, 0) is 0 Å². The summed E-state index contributed by atoms with van der Waals surface area (Å²) in [5.74, 6) is 1.50. The van der Waals surface area contributed by atoms with Crippen LogP contribution >= 0.6 is 23.4 Å². The van der Waals surface area contributed by atoms with Crippen molar-refractivity contribution < 1.29 is 5.11 Å². The second-order valence-corrected chi connectivity index (χ2v) is 7.08. The summed E-state index contributed by atoms with van der Waals surface area (Å²) in [6.45, 7) is 3.91. The van der Waals surface area contributed by atoms with Crippen molar-refractivity contribution in [2.24, 2.45) is 11.8 Å². The highest BCUT2D eigenvalue weighted by atomic mass is 35.5. The third-order valence-corrected chi connectivity index (χ3v) is 5.54. The molecular weight excluding hydrogens is 288 g/mol. The van der Waals surface area contributed by atoms with Crippen LogP contribution in [0, 0.1) is 11.8 Å². The number of hydrogen-bond acceptors (Lipinski definition) is 2. The molecule has 1 saturated carbocycles. The number of rotatable bonds is 6. The van der Waals surface area contributed by atoms with Gasteiger partial charge < -0.3 is 5.11 Å². The maximum atomic E-state index is 10.6. The van der Waals surface area contributed by atoms with Crippen LogP contribution in [0.2, 0.25) is 5.02 Å². The lowest BCUT2D eigenvalue weighted by Gasteiger charge is -2.30. The molecule has 0 unspecified atom stereocenters. The number of benzene rings is 1. The van der Waals surface area contributed by atoms with E-state index in [4.69, 9.17) is 11.6 Å². The van der Waals surface area contributed by atoms with Crippen molar-refractivity contribution >= 4 is 23.4 Å². The number of hydrogen-bond donors (Lipinski definition) is 1. The number of halogens is 1. The second-order valence-electron chi connectivity index (χ2n) is 5.55. The molecule has 1 nitrogen and oxygen atoms in total. The average molecular weight is 311 g/mol. The second kappa shape index (κ2) is 8.11. The van der Waals surface area contributed by atoms with Crippen LogP contribution in [0.15, 0.2) is 41.8 Å². The van der Waals surface area contributed by atoms with Gasteiger partial charge in [-0.05, 0) is 43.0 Å². The Hall–Kier alpha value is -0.440. The van der Waals surface area contributed by atoms with Gasteiger partial charge >= 0.3 is 0 Å². The summed E-state index contributed by atoms with van der Waals surface area (Å²) in [6.07, 6.45) is 7.84. The Labute approximate surface area is 131 Å². The van der Waals surface area contributed by atoms with E-state index in [0.717, 1.165) is 23.6 Å². The highest BCUT2D eigenvalue weighted by Gasteiger charge is 2.27. The van der Waals surface area contributed by atoms with Gasteiger partial charge in [-0.3, -0.25) is 0 Å². The van der Waals surface area contributed by atoms with E-state index in [-0.39, 0.29) is 12.0 Å². The molecule has 0 heterocycles. The topological polar surface area (TPSA) is 20.2 Å². The fourth-order valence-corrected chi connectivity index (χ4v) is 4.03. The van der Waals surface area contributed by atoms with Crippen LogP contribution in [0.5, 0.6) is 0 Å². The largest absolute Gasteiger partial charge is 0.392 e. The molecule has 1 aliphatic rings. The van der Waals surface area contributed by atoms with Crippen LogP contribution in [0.3, 0.4) is 0 Å². The minimum Gasteiger partial charge on any atom is -0.392 e. The Morgan fingerprint density at radius 3 is 2.50 bits per heavy atom. The maximum absolute atomic E-state index is 10.6. The van der Waals surface area contributed by atoms with Crippen molar-refractivity contribution in [3.05, 3.63) is 41.9 Å². The zero-order chi connectivity index (χ0) is 14.4. The predicted molar refractivity (Wildman–Crippen MR) is 88.4 cm³/mol. The highest BCUT2D eigenvalue weighted by molar-refractivity contribution is 7.99. The fourth-order valence-electron chi connectivity index (χ4n) is 2.85. The van der Waals surface area contributed by atoms with Crippen molar-refractivity contribution in [3.63, 3.8) is 0 Å². The molecule has 0 aromatic heterocycles. The van der Waals surface area contributed by atoms with Crippen LogP contribution < -0.4 is 0 Å². The van der Waals surface area contributed by atoms with Gasteiger partial charge in [-0.1, -0.05) is 36.9 Å². The van der Waals surface area contributed by atoms with Gasteiger partial charge in [0, 0.05) is 21.6 Å². The molecule has 1 aliphatic carbocycles. The first-order chi connectivity index (χ1) is 9.70. The molecule has 0 aliphatic heterocycles. The molecule has 110 valence electrons. The van der Waals surface area contributed by atoms with Crippen LogP contribution in [0.4, 0.5) is 0 Å². The minimum atomic E-state index is -0.243. The molecule has 1 aromatic rings. The average Bonchev–Trinajstić information content (AvgIpc) is 2.50. The van der Waals surface area contributed by atoms with Crippen molar-refractivity contribution in [1.82, 2.24) is 0 Å². The zero-order valence-electron chi connectivity index (χ0n) is 11.8. The van der Waals surface area contributed by atoms with Gasteiger partial charge in [0.1, 0.15) is 0 Å². The molecule has 0 bridgehead atoms. The number of aliphatic hydroxyl groups excluding tert-OH is 1. The van der Waals surface area contributed by atoms with Gasteiger partial charge in [0.15, 0.2) is 0 Å². The summed E-state index contributed by atoms with van der Waals surface area (Å²) < 4.78 is 0. The number of aliphatic hydroxyl groups is 1. The predicted octanol–water partition coefficient (Wildman–Crippen LogP) is 5.18. The van der Waals surface area contributed by atoms with Crippen molar-refractivity contribution in [1.29, 1.82) is 0 Å². The highest BCUT2D eigenvalue weighted by Crippen LogP contribution is 2.32. The van der Waals surface area contributed by atoms with Gasteiger partial charge in [-0.2, -0.15) is 0 Å². The monoisotopic (exact) mass is 310 g/mol. The Kier molecular flexibility index (Phi) is 6.47. The Balaban J connectivity index is 1.87. The van der Waals surface area contributed by atoms with E-state index in [1.165, 1.54) is 24.2 Å². The summed E-state index contributed by atoms with van der Waals surface area (Å²) in [7, 11) is 0. The van der Waals surface area contributed by atoms with E-state index < -0.39 is 0 Å². The Morgan fingerprint density at radius 1 is 1.25 bits per heavy atom. The Morgan fingerprint density at radius 2 is 1.90 bits per heavy atom. The van der Waals surface area contributed by atoms with E-state index in [0.29, 0.717) is 5.92 Å². The quantitative estimate of drug-likeness (QED) is 0.577. The lowest BCUT2D eigenvalue weighted by atomic mass is 9.81. The molecule has 0 spiro atoms. The molecule has 3 heteroatoms. The zero-order valence-corrected chi connectivity index (χ0v) is 13.4. The van der Waals surface area contributed by atoms with Gasteiger partial charge in [-0.15, -0.1) is 18.3 Å². The third kappa shape index (κ3) is 4.54. The van der Waals surface area contributed by atoms with Gasteiger partial charge in [-0.25, -0.2) is 0 Å². The van der Waals surface area contributed by atoms with E-state index in [2.05, 4.69) is 6.58 Å². The molecule has 1 fully saturated rings. The number of thioether (sulfide) groups is 1. The van der Waals surface area contributed by atoms with Crippen molar-refractivity contribution in [2.75, 3.05) is 5.75 Å². The summed E-state index contributed by atoms with van der Waals surface area (Å²) in [4.78, 5) is 1.19. The summed E-state index contributed by atoms with van der Waals surface area (Å²) in [5.41, 5.74) is 0. The van der Waals surface area contributed by atoms with Gasteiger partial charge in [0.25, 0.3) is 0 Å². The lowest BCUT2D eigenvalue weighted by Crippen LogP contribution is -2.31.